The Morgan fingerprint density at radius 2 is 1.41 bits per heavy atom. The monoisotopic (exact) mass is 411 g/mol. The van der Waals surface area contributed by atoms with Gasteiger partial charge in [-0.3, -0.25) is 0 Å². The predicted molar refractivity (Wildman–Crippen MR) is 122 cm³/mol. The van der Waals surface area contributed by atoms with Crippen molar-refractivity contribution in [2.75, 3.05) is 33.1 Å². The maximum absolute atomic E-state index is 5.37. The van der Waals surface area contributed by atoms with Crippen molar-refractivity contribution in [2.45, 2.75) is 43.4 Å². The fourth-order valence-electron chi connectivity index (χ4n) is 4.93. The highest BCUT2D eigenvalue weighted by Gasteiger charge is 2.33. The summed E-state index contributed by atoms with van der Waals surface area (Å²) in [5, 5.41) is 0.339. The molecule has 3 nitrogen and oxygen atoms in total. The molecule has 0 bridgehead atoms. The predicted octanol–water partition coefficient (Wildman–Crippen LogP) is 5.79. The largest absolute Gasteiger partial charge is 0.497 e. The van der Waals surface area contributed by atoms with Crippen LogP contribution in [0.4, 0.5) is 0 Å². The molecule has 0 N–H and O–H groups in total. The van der Waals surface area contributed by atoms with Crippen LogP contribution in [0.2, 0.25) is 0 Å². The van der Waals surface area contributed by atoms with Gasteiger partial charge in [-0.2, -0.15) is 0 Å². The Hall–Kier alpha value is -1.65. The minimum absolute atomic E-state index is 0.339. The van der Waals surface area contributed by atoms with Crippen LogP contribution in [0.1, 0.15) is 48.5 Å². The highest BCUT2D eigenvalue weighted by molar-refractivity contribution is 7.99. The molecular weight excluding hydrogens is 378 g/mol. The molecular formula is C25H33NO2S. The number of benzene rings is 2. The molecule has 2 atom stereocenters. The first-order valence-electron chi connectivity index (χ1n) is 10.9. The van der Waals surface area contributed by atoms with Crippen molar-refractivity contribution in [3.8, 4) is 11.5 Å². The van der Waals surface area contributed by atoms with Gasteiger partial charge in [0.1, 0.15) is 11.5 Å². The van der Waals surface area contributed by atoms with E-state index in [-0.39, 0.29) is 0 Å². The molecule has 0 aliphatic carbocycles. The highest BCUT2D eigenvalue weighted by atomic mass is 32.2. The second-order valence-corrected chi connectivity index (χ2v) is 9.40. The topological polar surface area (TPSA) is 21.7 Å². The summed E-state index contributed by atoms with van der Waals surface area (Å²) in [5.41, 5.74) is 2.69. The van der Waals surface area contributed by atoms with Crippen LogP contribution in [0, 0.1) is 5.92 Å². The lowest BCUT2D eigenvalue weighted by Crippen LogP contribution is -2.48. The van der Waals surface area contributed by atoms with E-state index in [2.05, 4.69) is 65.2 Å². The van der Waals surface area contributed by atoms with E-state index in [1.165, 1.54) is 62.1 Å². The number of nitrogens with zero attached hydrogens (tertiary/aromatic N) is 1. The molecule has 2 heterocycles. The summed E-state index contributed by atoms with van der Waals surface area (Å²) in [7, 11) is 3.45. The van der Waals surface area contributed by atoms with Gasteiger partial charge < -0.3 is 14.4 Å². The lowest BCUT2D eigenvalue weighted by molar-refractivity contribution is 0.0693. The second-order valence-electron chi connectivity index (χ2n) is 8.26. The van der Waals surface area contributed by atoms with Crippen LogP contribution in [-0.4, -0.2) is 44.0 Å². The Bertz CT molecular complexity index is 712. The van der Waals surface area contributed by atoms with E-state index in [9.17, 15) is 0 Å². The zero-order valence-corrected chi connectivity index (χ0v) is 18.5. The number of hydrogen-bond acceptors (Lipinski definition) is 4. The maximum atomic E-state index is 5.37. The van der Waals surface area contributed by atoms with Gasteiger partial charge in [0.15, 0.2) is 0 Å². The average Bonchev–Trinajstić information content (AvgIpc) is 2.80. The first-order chi connectivity index (χ1) is 14.3. The van der Waals surface area contributed by atoms with E-state index in [4.69, 9.17) is 9.47 Å². The van der Waals surface area contributed by atoms with Crippen LogP contribution in [-0.2, 0) is 0 Å². The van der Waals surface area contributed by atoms with E-state index in [1.54, 1.807) is 14.2 Å². The van der Waals surface area contributed by atoms with E-state index in [0.29, 0.717) is 5.25 Å². The minimum Gasteiger partial charge on any atom is -0.497 e. The molecule has 0 aromatic heterocycles. The van der Waals surface area contributed by atoms with Crippen molar-refractivity contribution in [3.63, 3.8) is 0 Å². The van der Waals surface area contributed by atoms with Gasteiger partial charge in [-0.25, -0.2) is 0 Å². The summed E-state index contributed by atoms with van der Waals surface area (Å²) in [5.74, 6) is 3.87. The van der Waals surface area contributed by atoms with Gasteiger partial charge in [0.05, 0.1) is 19.5 Å². The quantitative estimate of drug-likeness (QED) is 0.575. The van der Waals surface area contributed by atoms with Crippen molar-refractivity contribution < 1.29 is 9.47 Å². The SMILES string of the molecule is COc1ccc(C(SC[C@@H]2CCCN3CCCC[C@H]23)c2ccc(OC)cc2)cc1. The number of piperidine rings is 2. The standard InChI is InChI=1S/C25H33NO2S/c1-27-22-12-8-19(9-13-22)25(20-10-14-23(28-2)15-11-20)29-18-21-6-5-17-26-16-4-3-7-24(21)26/h8-15,21,24-25H,3-7,16-18H2,1-2H3/t21-,24+/m0/s1. The Morgan fingerprint density at radius 3 is 2.00 bits per heavy atom. The Balaban J connectivity index is 1.52. The molecule has 2 fully saturated rings. The zero-order valence-electron chi connectivity index (χ0n) is 17.7. The van der Waals surface area contributed by atoms with E-state index in [0.717, 1.165) is 23.5 Å². The van der Waals surface area contributed by atoms with Crippen LogP contribution >= 0.6 is 11.8 Å². The number of hydrogen-bond donors (Lipinski definition) is 0. The van der Waals surface area contributed by atoms with Crippen LogP contribution in [0.15, 0.2) is 48.5 Å². The summed E-state index contributed by atoms with van der Waals surface area (Å²) in [6.45, 7) is 2.62. The Morgan fingerprint density at radius 1 is 0.828 bits per heavy atom. The number of fused-ring (bicyclic) bond motifs is 1. The summed E-state index contributed by atoms with van der Waals surface area (Å²) < 4.78 is 10.7. The third-order valence-electron chi connectivity index (χ3n) is 6.54. The van der Waals surface area contributed by atoms with Crippen molar-refractivity contribution in [1.29, 1.82) is 0 Å². The van der Waals surface area contributed by atoms with Gasteiger partial charge in [-0.15, -0.1) is 11.8 Å². The highest BCUT2D eigenvalue weighted by Crippen LogP contribution is 2.41. The van der Waals surface area contributed by atoms with Crippen molar-refractivity contribution in [3.05, 3.63) is 59.7 Å². The molecule has 2 aromatic carbocycles. The molecule has 29 heavy (non-hydrogen) atoms. The summed E-state index contributed by atoms with van der Waals surface area (Å²) in [6, 6.07) is 18.0. The summed E-state index contributed by atoms with van der Waals surface area (Å²) in [4.78, 5) is 2.77. The van der Waals surface area contributed by atoms with Gasteiger partial charge >= 0.3 is 0 Å². The zero-order chi connectivity index (χ0) is 20.1. The van der Waals surface area contributed by atoms with Crippen LogP contribution in [0.3, 0.4) is 0 Å². The smallest absolute Gasteiger partial charge is 0.118 e. The molecule has 0 unspecified atom stereocenters. The molecule has 0 amide bonds. The molecule has 4 heteroatoms. The molecule has 0 saturated carbocycles. The molecule has 156 valence electrons. The molecule has 2 aromatic rings. The van der Waals surface area contributed by atoms with Gasteiger partial charge in [-0.1, -0.05) is 30.7 Å². The number of rotatable bonds is 7. The van der Waals surface area contributed by atoms with Gasteiger partial charge in [0, 0.05) is 6.04 Å². The Labute approximate surface area is 179 Å². The molecule has 0 radical (unpaired) electrons. The molecule has 0 spiro atoms. The number of thioether (sulfide) groups is 1. The maximum Gasteiger partial charge on any atom is 0.118 e. The summed E-state index contributed by atoms with van der Waals surface area (Å²) in [6.07, 6.45) is 6.92. The van der Waals surface area contributed by atoms with E-state index < -0.39 is 0 Å². The summed E-state index contributed by atoms with van der Waals surface area (Å²) >= 11 is 2.11. The van der Waals surface area contributed by atoms with Crippen molar-refractivity contribution in [1.82, 2.24) is 4.90 Å². The van der Waals surface area contributed by atoms with Crippen LogP contribution in [0.25, 0.3) is 0 Å². The molecule has 2 aliphatic rings. The lowest BCUT2D eigenvalue weighted by Gasteiger charge is -2.44. The molecule has 2 aliphatic heterocycles. The second kappa shape index (κ2) is 9.90. The van der Waals surface area contributed by atoms with Gasteiger partial charge in [-0.05, 0) is 85.8 Å². The lowest BCUT2D eigenvalue weighted by atomic mass is 9.85. The molecule has 4 rings (SSSR count). The fourth-order valence-corrected chi connectivity index (χ4v) is 6.46. The third kappa shape index (κ3) is 4.92. The van der Waals surface area contributed by atoms with Crippen LogP contribution in [0.5, 0.6) is 11.5 Å². The van der Waals surface area contributed by atoms with Crippen LogP contribution < -0.4 is 9.47 Å². The van der Waals surface area contributed by atoms with Crippen molar-refractivity contribution in [2.24, 2.45) is 5.92 Å². The fraction of sp³-hybridized carbons (Fsp3) is 0.520. The normalized spacial score (nSPS) is 22.3. The number of ether oxygens (including phenoxy) is 2. The Kier molecular flexibility index (Phi) is 7.04. The number of methoxy groups -OCH3 is 2. The molecule has 2 saturated heterocycles. The van der Waals surface area contributed by atoms with E-state index >= 15 is 0 Å². The first-order valence-corrected chi connectivity index (χ1v) is 12.0. The minimum atomic E-state index is 0.339. The van der Waals surface area contributed by atoms with Gasteiger partial charge in [0.25, 0.3) is 0 Å². The van der Waals surface area contributed by atoms with E-state index in [1.807, 2.05) is 0 Å². The first kappa shape index (κ1) is 20.6. The average molecular weight is 412 g/mol. The third-order valence-corrected chi connectivity index (χ3v) is 8.04. The van der Waals surface area contributed by atoms with Gasteiger partial charge in [0.2, 0.25) is 0 Å². The van der Waals surface area contributed by atoms with Crippen molar-refractivity contribution >= 4 is 11.8 Å².